The number of nitrogens with two attached hydrogens (primary N) is 1. The van der Waals surface area contributed by atoms with Crippen molar-refractivity contribution in [3.63, 3.8) is 0 Å². The van der Waals surface area contributed by atoms with Gasteiger partial charge in [0.15, 0.2) is 0 Å². The molecule has 0 fully saturated rings. The fourth-order valence-corrected chi connectivity index (χ4v) is 1.65. The van der Waals surface area contributed by atoms with Crippen molar-refractivity contribution in [2.24, 2.45) is 5.73 Å². The van der Waals surface area contributed by atoms with Crippen molar-refractivity contribution >= 4 is 21.9 Å². The number of anilines is 1. The molecule has 1 heterocycles. The Labute approximate surface area is 101 Å². The first-order valence-electron chi connectivity index (χ1n) is 4.79. The van der Waals surface area contributed by atoms with Gasteiger partial charge >= 0.3 is 6.01 Å². The molecule has 0 aliphatic rings. The van der Waals surface area contributed by atoms with Gasteiger partial charge in [-0.25, -0.2) is 0 Å². The van der Waals surface area contributed by atoms with Crippen LogP contribution in [0.25, 0.3) is 0 Å². The lowest BCUT2D eigenvalue weighted by Gasteiger charge is -2.03. The van der Waals surface area contributed by atoms with Gasteiger partial charge in [0.05, 0.1) is 6.54 Å². The second-order valence-corrected chi connectivity index (χ2v) is 4.00. The number of aromatic nitrogens is 2. The van der Waals surface area contributed by atoms with Crippen molar-refractivity contribution in [3.05, 3.63) is 40.2 Å². The molecule has 84 valence electrons. The van der Waals surface area contributed by atoms with Crippen LogP contribution in [-0.4, -0.2) is 10.2 Å². The minimum Gasteiger partial charge on any atom is -0.407 e. The van der Waals surface area contributed by atoms with Gasteiger partial charge in [0.25, 0.3) is 0 Å². The van der Waals surface area contributed by atoms with Gasteiger partial charge in [-0.3, -0.25) is 0 Å². The van der Waals surface area contributed by atoms with E-state index in [1.54, 1.807) is 0 Å². The molecule has 0 atom stereocenters. The molecule has 0 aliphatic carbocycles. The first kappa shape index (κ1) is 11.1. The third kappa shape index (κ3) is 2.59. The summed E-state index contributed by atoms with van der Waals surface area (Å²) in [4.78, 5) is 0. The highest BCUT2D eigenvalue weighted by Crippen LogP contribution is 2.17. The number of rotatable bonds is 4. The van der Waals surface area contributed by atoms with Crippen molar-refractivity contribution in [2.45, 2.75) is 13.1 Å². The number of hydrogen-bond donors (Lipinski definition) is 2. The maximum absolute atomic E-state index is 5.36. The van der Waals surface area contributed by atoms with Gasteiger partial charge in [0.2, 0.25) is 5.89 Å². The molecule has 0 spiro atoms. The SMILES string of the molecule is NCc1nnc(NCc2ccccc2Br)o1. The molecule has 0 aliphatic heterocycles. The smallest absolute Gasteiger partial charge is 0.315 e. The van der Waals surface area contributed by atoms with Crippen molar-refractivity contribution in [1.82, 2.24) is 10.2 Å². The molecule has 2 rings (SSSR count). The third-order valence-corrected chi connectivity index (χ3v) is 2.80. The second-order valence-electron chi connectivity index (χ2n) is 3.15. The quantitative estimate of drug-likeness (QED) is 0.896. The fraction of sp³-hybridized carbons (Fsp3) is 0.200. The van der Waals surface area contributed by atoms with Gasteiger partial charge in [-0.2, -0.15) is 0 Å². The van der Waals surface area contributed by atoms with Crippen molar-refractivity contribution in [3.8, 4) is 0 Å². The van der Waals surface area contributed by atoms with E-state index < -0.39 is 0 Å². The summed E-state index contributed by atoms with van der Waals surface area (Å²) >= 11 is 3.46. The van der Waals surface area contributed by atoms with Gasteiger partial charge in [0.1, 0.15) is 0 Å². The van der Waals surface area contributed by atoms with Crippen LogP contribution in [0.2, 0.25) is 0 Å². The highest BCUT2D eigenvalue weighted by molar-refractivity contribution is 9.10. The van der Waals surface area contributed by atoms with Crippen LogP contribution in [0.1, 0.15) is 11.5 Å². The van der Waals surface area contributed by atoms with Crippen LogP contribution >= 0.6 is 15.9 Å². The van der Waals surface area contributed by atoms with E-state index in [0.29, 0.717) is 18.5 Å². The summed E-state index contributed by atoms with van der Waals surface area (Å²) < 4.78 is 6.26. The Balaban J connectivity index is 1.99. The molecule has 0 bridgehead atoms. The van der Waals surface area contributed by atoms with E-state index in [-0.39, 0.29) is 6.54 Å². The number of nitrogens with one attached hydrogen (secondary N) is 1. The monoisotopic (exact) mass is 282 g/mol. The first-order valence-corrected chi connectivity index (χ1v) is 5.58. The van der Waals surface area contributed by atoms with E-state index in [2.05, 4.69) is 31.4 Å². The highest BCUT2D eigenvalue weighted by atomic mass is 79.9. The molecule has 0 amide bonds. The molecule has 1 aromatic carbocycles. The molecule has 0 radical (unpaired) electrons. The summed E-state index contributed by atoms with van der Waals surface area (Å²) in [5.41, 5.74) is 6.48. The summed E-state index contributed by atoms with van der Waals surface area (Å²) in [7, 11) is 0. The Hall–Kier alpha value is -1.40. The van der Waals surface area contributed by atoms with Crippen molar-refractivity contribution < 1.29 is 4.42 Å². The van der Waals surface area contributed by atoms with Crippen LogP contribution in [-0.2, 0) is 13.1 Å². The Morgan fingerprint density at radius 2 is 2.12 bits per heavy atom. The average molecular weight is 283 g/mol. The van der Waals surface area contributed by atoms with E-state index in [4.69, 9.17) is 10.2 Å². The molecule has 5 nitrogen and oxygen atoms in total. The maximum Gasteiger partial charge on any atom is 0.315 e. The number of benzene rings is 1. The zero-order valence-electron chi connectivity index (χ0n) is 8.48. The Kier molecular flexibility index (Phi) is 3.53. The topological polar surface area (TPSA) is 77.0 Å². The number of nitrogens with zero attached hydrogens (tertiary/aromatic N) is 2. The predicted molar refractivity (Wildman–Crippen MR) is 63.7 cm³/mol. The largest absolute Gasteiger partial charge is 0.407 e. The van der Waals surface area contributed by atoms with Gasteiger partial charge < -0.3 is 15.5 Å². The molecule has 1 aromatic heterocycles. The van der Waals surface area contributed by atoms with E-state index in [1.165, 1.54) is 0 Å². The van der Waals surface area contributed by atoms with Crippen LogP contribution in [0, 0.1) is 0 Å². The Morgan fingerprint density at radius 3 is 2.81 bits per heavy atom. The maximum atomic E-state index is 5.36. The van der Waals surface area contributed by atoms with E-state index in [0.717, 1.165) is 10.0 Å². The number of halogens is 1. The van der Waals surface area contributed by atoms with Crippen LogP contribution in [0.15, 0.2) is 33.2 Å². The average Bonchev–Trinajstić information content (AvgIpc) is 2.76. The Bertz CT molecular complexity index is 471. The second kappa shape index (κ2) is 5.09. The Morgan fingerprint density at radius 1 is 1.31 bits per heavy atom. The summed E-state index contributed by atoms with van der Waals surface area (Å²) in [6, 6.07) is 8.32. The summed E-state index contributed by atoms with van der Waals surface area (Å²) in [6.07, 6.45) is 0. The van der Waals surface area contributed by atoms with Crippen LogP contribution in [0.5, 0.6) is 0 Å². The molecule has 0 unspecified atom stereocenters. The highest BCUT2D eigenvalue weighted by Gasteiger charge is 2.04. The summed E-state index contributed by atoms with van der Waals surface area (Å²) in [5.74, 6) is 0.426. The van der Waals surface area contributed by atoms with Crippen LogP contribution in [0.4, 0.5) is 6.01 Å². The lowest BCUT2D eigenvalue weighted by atomic mass is 10.2. The lowest BCUT2D eigenvalue weighted by Crippen LogP contribution is -2.00. The fourth-order valence-electron chi connectivity index (χ4n) is 1.22. The van der Waals surface area contributed by atoms with Crippen LogP contribution < -0.4 is 11.1 Å². The van der Waals surface area contributed by atoms with Gasteiger partial charge in [-0.15, -0.1) is 5.10 Å². The minimum absolute atomic E-state index is 0.254. The third-order valence-electron chi connectivity index (χ3n) is 2.03. The molecule has 0 saturated carbocycles. The van der Waals surface area contributed by atoms with E-state index in [1.807, 2.05) is 24.3 Å². The zero-order chi connectivity index (χ0) is 11.4. The normalized spacial score (nSPS) is 10.4. The van der Waals surface area contributed by atoms with E-state index in [9.17, 15) is 0 Å². The first-order chi connectivity index (χ1) is 7.79. The molecule has 2 aromatic rings. The predicted octanol–water partition coefficient (Wildman–Crippen LogP) is 1.90. The number of hydrogen-bond acceptors (Lipinski definition) is 5. The molecule has 16 heavy (non-hydrogen) atoms. The van der Waals surface area contributed by atoms with Crippen molar-refractivity contribution in [1.29, 1.82) is 0 Å². The van der Waals surface area contributed by atoms with E-state index >= 15 is 0 Å². The van der Waals surface area contributed by atoms with Crippen molar-refractivity contribution in [2.75, 3.05) is 5.32 Å². The van der Waals surface area contributed by atoms with Crippen LogP contribution in [0.3, 0.4) is 0 Å². The molecular weight excluding hydrogens is 272 g/mol. The minimum atomic E-state index is 0.254. The molecule has 3 N–H and O–H groups in total. The van der Waals surface area contributed by atoms with Gasteiger partial charge in [-0.05, 0) is 11.6 Å². The standard InChI is InChI=1S/C10H11BrN4O/c11-8-4-2-1-3-7(8)6-13-10-15-14-9(5-12)16-10/h1-4H,5-6,12H2,(H,13,15). The zero-order valence-corrected chi connectivity index (χ0v) is 10.1. The molecule has 0 saturated heterocycles. The van der Waals surface area contributed by atoms with Gasteiger partial charge in [-0.1, -0.05) is 39.2 Å². The van der Waals surface area contributed by atoms with Gasteiger partial charge in [0, 0.05) is 11.0 Å². The molecule has 6 heteroatoms. The molecular formula is C10H11BrN4O. The summed E-state index contributed by atoms with van der Waals surface area (Å²) in [6.45, 7) is 0.872. The lowest BCUT2D eigenvalue weighted by molar-refractivity contribution is 0.507. The summed E-state index contributed by atoms with van der Waals surface area (Å²) in [5, 5.41) is 10.6.